The van der Waals surface area contributed by atoms with Crippen LogP contribution in [0.5, 0.6) is 0 Å². The molecule has 0 bridgehead atoms. The van der Waals surface area contributed by atoms with Gasteiger partial charge in [-0.25, -0.2) is 0 Å². The first kappa shape index (κ1) is 12.1. The van der Waals surface area contributed by atoms with Crippen LogP contribution < -0.4 is 0 Å². The summed E-state index contributed by atoms with van der Waals surface area (Å²) in [6.07, 6.45) is 6.10. The van der Waals surface area contributed by atoms with Crippen molar-refractivity contribution >= 4 is 23.3 Å². The summed E-state index contributed by atoms with van der Waals surface area (Å²) in [4.78, 5) is 0. The molecule has 0 unspecified atom stereocenters. The van der Waals surface area contributed by atoms with Crippen molar-refractivity contribution in [3.05, 3.63) is 36.5 Å². The lowest BCUT2D eigenvalue weighted by molar-refractivity contribution is 0.616. The molecule has 0 aliphatic rings. The molecule has 0 fully saturated rings. The molecule has 0 saturated carbocycles. The number of halogens is 1. The van der Waals surface area contributed by atoms with Gasteiger partial charge in [0.2, 0.25) is 0 Å². The van der Waals surface area contributed by atoms with E-state index < -0.39 is 0 Å². The number of fused-ring (bicyclic) bond motifs is 1. The summed E-state index contributed by atoms with van der Waals surface area (Å²) in [6.45, 7) is 3.40. The summed E-state index contributed by atoms with van der Waals surface area (Å²) < 4.78 is 2.35. The lowest BCUT2D eigenvalue weighted by Gasteiger charge is -2.03. The van der Waals surface area contributed by atoms with Gasteiger partial charge in [-0.3, -0.25) is 0 Å². The zero-order valence-electron chi connectivity index (χ0n) is 9.15. The fraction of sp³-hybridized carbons (Fsp3) is 0.385. The summed E-state index contributed by atoms with van der Waals surface area (Å²) in [5.74, 6) is 0. The first-order valence-electron chi connectivity index (χ1n) is 5.45. The molecule has 0 radical (unpaired) electrons. The van der Waals surface area contributed by atoms with Crippen molar-refractivity contribution in [2.24, 2.45) is 0 Å². The molecule has 2 aromatic rings. The normalized spacial score (nSPS) is 10.2. The van der Waals surface area contributed by atoms with Gasteiger partial charge in [0.05, 0.1) is 0 Å². The van der Waals surface area contributed by atoms with Crippen molar-refractivity contribution in [3.63, 3.8) is 0 Å². The maximum atomic E-state index is 2.35. The fourth-order valence-corrected chi connectivity index (χ4v) is 1.87. The van der Waals surface area contributed by atoms with Gasteiger partial charge in [-0.2, -0.15) is 0 Å². The number of hydrogen-bond donors (Lipinski definition) is 0. The van der Waals surface area contributed by atoms with Crippen LogP contribution in [0.4, 0.5) is 0 Å². The molecular formula is C13H18ClN. The van der Waals surface area contributed by atoms with Crippen molar-refractivity contribution in [1.82, 2.24) is 4.57 Å². The van der Waals surface area contributed by atoms with Crippen molar-refractivity contribution in [1.29, 1.82) is 0 Å². The molecule has 1 aromatic heterocycles. The number of nitrogens with zero attached hydrogens (tertiary/aromatic N) is 1. The molecule has 0 saturated heterocycles. The standard InChI is InChI=1S/C13H17N.ClH/c1-2-3-6-10-14-11-9-12-7-4-5-8-13(12)14;/h4-5,7-9,11H,2-3,6,10H2,1H3;1H. The van der Waals surface area contributed by atoms with Gasteiger partial charge in [0.15, 0.2) is 0 Å². The zero-order chi connectivity index (χ0) is 9.80. The first-order valence-corrected chi connectivity index (χ1v) is 5.45. The number of aryl methyl sites for hydroxylation is 1. The molecule has 0 amide bonds. The number of aromatic nitrogens is 1. The van der Waals surface area contributed by atoms with E-state index in [1.54, 1.807) is 0 Å². The number of unbranched alkanes of at least 4 members (excludes halogenated alkanes) is 2. The molecule has 82 valence electrons. The summed E-state index contributed by atoms with van der Waals surface area (Å²) in [5.41, 5.74) is 1.36. The van der Waals surface area contributed by atoms with Gasteiger partial charge in [-0.05, 0) is 23.9 Å². The number of hydrogen-bond acceptors (Lipinski definition) is 0. The topological polar surface area (TPSA) is 4.93 Å². The second-order valence-corrected chi connectivity index (χ2v) is 3.78. The third kappa shape index (κ3) is 2.75. The summed E-state index contributed by atoms with van der Waals surface area (Å²) in [7, 11) is 0. The van der Waals surface area contributed by atoms with Crippen LogP contribution in [0.1, 0.15) is 26.2 Å². The Morgan fingerprint density at radius 1 is 1.07 bits per heavy atom. The largest absolute Gasteiger partial charge is 0.347 e. The second-order valence-electron chi connectivity index (χ2n) is 3.78. The van der Waals surface area contributed by atoms with E-state index in [9.17, 15) is 0 Å². The number of para-hydroxylation sites is 1. The minimum Gasteiger partial charge on any atom is -0.347 e. The molecule has 0 N–H and O–H groups in total. The van der Waals surface area contributed by atoms with E-state index in [2.05, 4.69) is 48.0 Å². The summed E-state index contributed by atoms with van der Waals surface area (Å²) >= 11 is 0. The second kappa shape index (κ2) is 5.82. The monoisotopic (exact) mass is 223 g/mol. The Balaban J connectivity index is 0.00000112. The SMILES string of the molecule is CCCCCn1ccc2ccccc21.Cl. The lowest BCUT2D eigenvalue weighted by Crippen LogP contribution is -1.95. The van der Waals surface area contributed by atoms with Crippen LogP contribution in [0.3, 0.4) is 0 Å². The van der Waals surface area contributed by atoms with E-state index in [0.29, 0.717) is 0 Å². The number of benzene rings is 1. The fourth-order valence-electron chi connectivity index (χ4n) is 1.87. The number of rotatable bonds is 4. The van der Waals surface area contributed by atoms with Crippen molar-refractivity contribution in [3.8, 4) is 0 Å². The maximum Gasteiger partial charge on any atom is 0.0480 e. The third-order valence-electron chi connectivity index (χ3n) is 2.68. The molecule has 0 spiro atoms. The summed E-state index contributed by atoms with van der Waals surface area (Å²) in [5, 5.41) is 1.35. The lowest BCUT2D eigenvalue weighted by atomic mass is 10.2. The van der Waals surface area contributed by atoms with Gasteiger partial charge < -0.3 is 4.57 Å². The van der Waals surface area contributed by atoms with Crippen molar-refractivity contribution in [2.45, 2.75) is 32.7 Å². The van der Waals surface area contributed by atoms with Crippen molar-refractivity contribution < 1.29 is 0 Å². The smallest absolute Gasteiger partial charge is 0.0480 e. The molecule has 2 rings (SSSR count). The molecule has 2 heteroatoms. The average Bonchev–Trinajstić information content (AvgIpc) is 2.63. The van der Waals surface area contributed by atoms with E-state index in [0.717, 1.165) is 6.54 Å². The molecule has 15 heavy (non-hydrogen) atoms. The molecule has 0 aliphatic carbocycles. The predicted octanol–water partition coefficient (Wildman–Crippen LogP) is 4.25. The van der Waals surface area contributed by atoms with Crippen LogP contribution in [-0.4, -0.2) is 4.57 Å². The van der Waals surface area contributed by atoms with E-state index in [-0.39, 0.29) is 12.4 Å². The quantitative estimate of drug-likeness (QED) is 0.683. The van der Waals surface area contributed by atoms with E-state index in [1.807, 2.05) is 0 Å². The van der Waals surface area contributed by atoms with Gasteiger partial charge >= 0.3 is 0 Å². The molecular weight excluding hydrogens is 206 g/mol. The van der Waals surface area contributed by atoms with Crippen LogP contribution in [0, 0.1) is 0 Å². The van der Waals surface area contributed by atoms with Gasteiger partial charge in [0.25, 0.3) is 0 Å². The molecule has 0 aliphatic heterocycles. The van der Waals surface area contributed by atoms with E-state index >= 15 is 0 Å². The minimum atomic E-state index is 0. The maximum absolute atomic E-state index is 2.35. The molecule has 1 aromatic carbocycles. The molecule has 1 heterocycles. The Kier molecular flexibility index (Phi) is 4.70. The Bertz CT molecular complexity index is 406. The first-order chi connectivity index (χ1) is 6.92. The Morgan fingerprint density at radius 3 is 2.67 bits per heavy atom. The van der Waals surface area contributed by atoms with E-state index in [1.165, 1.54) is 30.2 Å². The third-order valence-corrected chi connectivity index (χ3v) is 2.68. The van der Waals surface area contributed by atoms with Gasteiger partial charge in [-0.1, -0.05) is 38.0 Å². The minimum absolute atomic E-state index is 0. The van der Waals surface area contributed by atoms with Gasteiger partial charge in [-0.15, -0.1) is 12.4 Å². The van der Waals surface area contributed by atoms with Crippen LogP contribution in [0.2, 0.25) is 0 Å². The molecule has 1 nitrogen and oxygen atoms in total. The predicted molar refractivity (Wildman–Crippen MR) is 68.7 cm³/mol. The Hall–Kier alpha value is -0.950. The highest BCUT2D eigenvalue weighted by atomic mass is 35.5. The van der Waals surface area contributed by atoms with Crippen molar-refractivity contribution in [2.75, 3.05) is 0 Å². The zero-order valence-corrected chi connectivity index (χ0v) is 9.96. The van der Waals surface area contributed by atoms with Gasteiger partial charge in [0.1, 0.15) is 0 Å². The van der Waals surface area contributed by atoms with Crippen LogP contribution in [-0.2, 0) is 6.54 Å². The van der Waals surface area contributed by atoms with Gasteiger partial charge in [0, 0.05) is 18.3 Å². The highest BCUT2D eigenvalue weighted by Crippen LogP contribution is 2.15. The Morgan fingerprint density at radius 2 is 1.87 bits per heavy atom. The summed E-state index contributed by atoms with van der Waals surface area (Å²) in [6, 6.07) is 10.8. The van der Waals surface area contributed by atoms with Crippen LogP contribution >= 0.6 is 12.4 Å². The Labute approximate surface area is 97.5 Å². The molecule has 0 atom stereocenters. The average molecular weight is 224 g/mol. The van der Waals surface area contributed by atoms with E-state index in [4.69, 9.17) is 0 Å². The van der Waals surface area contributed by atoms with Crippen LogP contribution in [0.15, 0.2) is 36.5 Å². The van der Waals surface area contributed by atoms with Crippen LogP contribution in [0.25, 0.3) is 10.9 Å². The highest BCUT2D eigenvalue weighted by molar-refractivity contribution is 5.85. The highest BCUT2D eigenvalue weighted by Gasteiger charge is 1.98.